The number of halogens is 3. The molecule has 3 aromatic rings. The number of carbonyl (C=O) groups excluding carboxylic acids is 1. The Balaban J connectivity index is 1.60. The van der Waals surface area contributed by atoms with Crippen molar-refractivity contribution in [2.24, 2.45) is 0 Å². The van der Waals surface area contributed by atoms with Crippen LogP contribution in [0.1, 0.15) is 46.3 Å². The van der Waals surface area contributed by atoms with Crippen molar-refractivity contribution < 1.29 is 23.4 Å². The van der Waals surface area contributed by atoms with Gasteiger partial charge in [-0.15, -0.1) is 0 Å². The van der Waals surface area contributed by atoms with E-state index in [-0.39, 0.29) is 33.7 Å². The third kappa shape index (κ3) is 6.87. The lowest BCUT2D eigenvalue weighted by Gasteiger charge is -2.41. The predicted octanol–water partition coefficient (Wildman–Crippen LogP) is 6.77. The van der Waals surface area contributed by atoms with E-state index in [2.05, 4.69) is 9.88 Å². The van der Waals surface area contributed by atoms with E-state index in [1.165, 1.54) is 12.1 Å². The molecule has 1 amide bonds. The fourth-order valence-corrected chi connectivity index (χ4v) is 5.28. The number of nitrogen functional groups attached to an aromatic ring is 1. The summed E-state index contributed by atoms with van der Waals surface area (Å²) < 4.78 is 31.3. The van der Waals surface area contributed by atoms with Gasteiger partial charge in [0, 0.05) is 48.0 Å². The second-order valence-electron chi connectivity index (χ2n) is 10.8. The van der Waals surface area contributed by atoms with Gasteiger partial charge in [0.05, 0.1) is 12.1 Å². The maximum atomic E-state index is 14.1. The largest absolute Gasteiger partial charge is 0.494 e. The molecular weight excluding hydrogens is 572 g/mol. The second-order valence-corrected chi connectivity index (χ2v) is 11.6. The van der Waals surface area contributed by atoms with Crippen LogP contribution < -0.4 is 20.1 Å². The van der Waals surface area contributed by atoms with Crippen LogP contribution in [0.15, 0.2) is 36.5 Å². The highest BCUT2D eigenvalue weighted by Crippen LogP contribution is 2.38. The lowest BCUT2D eigenvalue weighted by molar-refractivity contribution is 0.0218. The van der Waals surface area contributed by atoms with Gasteiger partial charge in [0.25, 0.3) is 0 Å². The van der Waals surface area contributed by atoms with Crippen LogP contribution in [-0.2, 0) is 4.74 Å². The maximum absolute atomic E-state index is 14.1. The number of aromatic nitrogens is 2. The minimum Gasteiger partial charge on any atom is -0.494 e. The molecule has 220 valence electrons. The zero-order chi connectivity index (χ0) is 30.1. The molecule has 2 N–H and O–H groups in total. The van der Waals surface area contributed by atoms with Crippen LogP contribution in [0.25, 0.3) is 11.3 Å². The van der Waals surface area contributed by atoms with Crippen molar-refractivity contribution in [2.75, 3.05) is 37.4 Å². The highest BCUT2D eigenvalue weighted by atomic mass is 35.5. The minimum atomic E-state index is -0.728. The number of nitrogens with zero attached hydrogens (tertiary/aromatic N) is 4. The van der Waals surface area contributed by atoms with Crippen LogP contribution in [0.5, 0.6) is 11.5 Å². The number of ether oxygens (including phenoxy) is 3. The van der Waals surface area contributed by atoms with Crippen molar-refractivity contribution in [1.82, 2.24) is 14.9 Å². The number of methoxy groups -OCH3 is 1. The lowest BCUT2D eigenvalue weighted by atomic mass is 10.1. The van der Waals surface area contributed by atoms with E-state index in [0.717, 1.165) is 0 Å². The molecule has 0 saturated carbocycles. The Morgan fingerprint density at radius 2 is 1.90 bits per heavy atom. The number of hydrogen-bond donors (Lipinski definition) is 1. The smallest absolute Gasteiger partial charge is 0.410 e. The number of carbonyl (C=O) groups is 1. The minimum absolute atomic E-state index is 0.0185. The van der Waals surface area contributed by atoms with E-state index in [0.29, 0.717) is 48.0 Å². The summed E-state index contributed by atoms with van der Waals surface area (Å²) in [5.74, 6) is 1.01. The number of nitrogens with two attached hydrogens (primary N) is 1. The number of amides is 1. The topological polar surface area (TPSA) is 103 Å². The summed E-state index contributed by atoms with van der Waals surface area (Å²) >= 11 is 12.5. The molecule has 0 radical (unpaired) electrons. The highest BCUT2D eigenvalue weighted by molar-refractivity contribution is 6.36. The van der Waals surface area contributed by atoms with Gasteiger partial charge in [-0.3, -0.25) is 0 Å². The van der Waals surface area contributed by atoms with Gasteiger partial charge in [-0.05, 0) is 65.0 Å². The summed E-state index contributed by atoms with van der Waals surface area (Å²) in [4.78, 5) is 25.6. The molecule has 0 spiro atoms. The van der Waals surface area contributed by atoms with E-state index in [1.54, 1.807) is 31.2 Å². The third-order valence-electron chi connectivity index (χ3n) is 6.58. The van der Waals surface area contributed by atoms with Crippen molar-refractivity contribution in [1.29, 1.82) is 0 Å². The SMILES string of the molecule is COc1ccc(N2CCN(C(=O)OC(C)(C)C)C[C@@H]2C)nc1-c1cnc(N)c(O[C@H](C)c2c(Cl)ccc(F)c2Cl)c1. The fraction of sp³-hybridized carbons (Fsp3) is 0.414. The first-order chi connectivity index (χ1) is 19.3. The van der Waals surface area contributed by atoms with Crippen molar-refractivity contribution in [3.05, 3.63) is 58.0 Å². The maximum Gasteiger partial charge on any atom is 0.410 e. The summed E-state index contributed by atoms with van der Waals surface area (Å²) in [6.45, 7) is 10.8. The van der Waals surface area contributed by atoms with Gasteiger partial charge in [-0.2, -0.15) is 0 Å². The average Bonchev–Trinajstić information content (AvgIpc) is 2.91. The van der Waals surface area contributed by atoms with Gasteiger partial charge in [0.15, 0.2) is 11.6 Å². The number of benzene rings is 1. The molecule has 1 saturated heterocycles. The molecule has 3 heterocycles. The Kier molecular flexibility index (Phi) is 9.03. The van der Waals surface area contributed by atoms with E-state index < -0.39 is 17.5 Å². The predicted molar refractivity (Wildman–Crippen MR) is 159 cm³/mol. The number of piperazine rings is 1. The lowest BCUT2D eigenvalue weighted by Crippen LogP contribution is -2.54. The van der Waals surface area contributed by atoms with Crippen LogP contribution in [0.2, 0.25) is 10.0 Å². The van der Waals surface area contributed by atoms with Crippen LogP contribution in [0, 0.1) is 5.82 Å². The molecule has 1 aliphatic rings. The Bertz CT molecular complexity index is 1440. The molecule has 12 heteroatoms. The molecule has 0 bridgehead atoms. The molecule has 2 atom stereocenters. The van der Waals surface area contributed by atoms with Gasteiger partial charge in [0.1, 0.15) is 34.8 Å². The van der Waals surface area contributed by atoms with Gasteiger partial charge >= 0.3 is 6.09 Å². The normalized spacial score (nSPS) is 16.4. The molecule has 4 rings (SSSR count). The van der Waals surface area contributed by atoms with Gasteiger partial charge in [0.2, 0.25) is 0 Å². The van der Waals surface area contributed by atoms with Crippen LogP contribution in [0.4, 0.5) is 20.8 Å². The zero-order valence-corrected chi connectivity index (χ0v) is 25.4. The summed E-state index contributed by atoms with van der Waals surface area (Å²) in [5.41, 5.74) is 6.99. The Morgan fingerprint density at radius 3 is 2.56 bits per heavy atom. The van der Waals surface area contributed by atoms with Crippen LogP contribution >= 0.6 is 23.2 Å². The monoisotopic (exact) mass is 605 g/mol. The Labute approximate surface area is 249 Å². The van der Waals surface area contributed by atoms with Gasteiger partial charge in [-0.1, -0.05) is 23.2 Å². The number of hydrogen-bond acceptors (Lipinski definition) is 8. The van der Waals surface area contributed by atoms with Crippen LogP contribution in [-0.4, -0.2) is 59.3 Å². The Morgan fingerprint density at radius 1 is 1.17 bits per heavy atom. The van der Waals surface area contributed by atoms with Crippen molar-refractivity contribution in [2.45, 2.75) is 52.4 Å². The van der Waals surface area contributed by atoms with E-state index in [4.69, 9.17) is 48.1 Å². The van der Waals surface area contributed by atoms with E-state index in [9.17, 15) is 9.18 Å². The fourth-order valence-electron chi connectivity index (χ4n) is 4.60. The summed E-state index contributed by atoms with van der Waals surface area (Å²) in [7, 11) is 1.56. The molecule has 1 fully saturated rings. The van der Waals surface area contributed by atoms with Crippen molar-refractivity contribution >= 4 is 40.9 Å². The first-order valence-electron chi connectivity index (χ1n) is 13.1. The standard InChI is InChI=1S/C29H34Cl2FN5O4/c1-16-15-36(28(38)41-29(3,4)5)11-12-37(16)23-10-9-21(39-6)26(35-23)18-13-22(27(33)34-14-18)40-17(2)24-19(30)7-8-20(32)25(24)31/h7-10,13-14,16-17H,11-12,15H2,1-6H3,(H2,33,34)/t16-,17+/m0/s1. The highest BCUT2D eigenvalue weighted by Gasteiger charge is 2.31. The van der Waals surface area contributed by atoms with Gasteiger partial charge in [-0.25, -0.2) is 19.2 Å². The number of anilines is 2. The number of pyridine rings is 2. The number of rotatable bonds is 6. The molecule has 1 aliphatic heterocycles. The first kappa shape index (κ1) is 30.5. The summed E-state index contributed by atoms with van der Waals surface area (Å²) in [6.07, 6.45) is 0.518. The summed E-state index contributed by atoms with van der Waals surface area (Å²) in [6, 6.07) is 8.00. The van der Waals surface area contributed by atoms with Crippen molar-refractivity contribution in [3.63, 3.8) is 0 Å². The molecule has 9 nitrogen and oxygen atoms in total. The molecule has 0 aliphatic carbocycles. The molecule has 1 aromatic carbocycles. The van der Waals surface area contributed by atoms with Crippen LogP contribution in [0.3, 0.4) is 0 Å². The summed E-state index contributed by atoms with van der Waals surface area (Å²) in [5, 5.41) is 0.146. The molecule has 41 heavy (non-hydrogen) atoms. The second kappa shape index (κ2) is 12.2. The first-order valence-corrected chi connectivity index (χ1v) is 13.9. The third-order valence-corrected chi connectivity index (χ3v) is 7.30. The average molecular weight is 607 g/mol. The molecule has 0 unspecified atom stereocenters. The Hall–Kier alpha value is -3.50. The van der Waals surface area contributed by atoms with Gasteiger partial charge < -0.3 is 29.7 Å². The quantitative estimate of drug-likeness (QED) is 0.307. The molecule has 2 aromatic heterocycles. The van der Waals surface area contributed by atoms with Crippen molar-refractivity contribution in [3.8, 4) is 22.8 Å². The zero-order valence-electron chi connectivity index (χ0n) is 23.9. The van der Waals surface area contributed by atoms with E-state index >= 15 is 0 Å². The molecular formula is C29H34Cl2FN5O4. The van der Waals surface area contributed by atoms with E-state index in [1.807, 2.05) is 39.8 Å².